The molecule has 0 saturated heterocycles. The maximum atomic E-state index is 5.91. The van der Waals surface area contributed by atoms with Gasteiger partial charge in [-0.25, -0.2) is 0 Å². The van der Waals surface area contributed by atoms with Crippen molar-refractivity contribution in [2.45, 2.75) is 98.3 Å². The summed E-state index contributed by atoms with van der Waals surface area (Å²) >= 11 is 1.16. The van der Waals surface area contributed by atoms with Crippen LogP contribution in [0, 0.1) is 0 Å². The molecule has 0 bridgehead atoms. The molecule has 0 aliphatic rings. The van der Waals surface area contributed by atoms with Gasteiger partial charge in [0.05, 0.1) is 0 Å². The van der Waals surface area contributed by atoms with Gasteiger partial charge in [-0.3, -0.25) is 0 Å². The van der Waals surface area contributed by atoms with E-state index in [2.05, 4.69) is 90.5 Å². The van der Waals surface area contributed by atoms with Crippen molar-refractivity contribution in [3.63, 3.8) is 0 Å². The van der Waals surface area contributed by atoms with E-state index in [9.17, 15) is 0 Å². The number of alkyl halides is 1. The normalized spacial score (nSPS) is 11.5. The Labute approximate surface area is 222 Å². The third kappa shape index (κ3) is 10.5. The van der Waals surface area contributed by atoms with E-state index in [0.29, 0.717) is 0 Å². The van der Waals surface area contributed by atoms with Crippen molar-refractivity contribution < 1.29 is 4.74 Å². The van der Waals surface area contributed by atoms with Crippen molar-refractivity contribution >= 4 is 49.3 Å². The quantitative estimate of drug-likeness (QED) is 0.0941. The van der Waals surface area contributed by atoms with E-state index in [0.717, 1.165) is 29.8 Å². The number of hydrogen-bond acceptors (Lipinski definition) is 2. The molecule has 0 fully saturated rings. The van der Waals surface area contributed by atoms with Crippen molar-refractivity contribution in [2.75, 3.05) is 17.3 Å². The number of hydrogen-bond donors (Lipinski definition) is 1. The van der Waals surface area contributed by atoms with Gasteiger partial charge >= 0.3 is 183 Å². The second kappa shape index (κ2) is 17.7. The molecule has 0 heterocycles. The zero-order valence-electron chi connectivity index (χ0n) is 22.0. The number of halogens is 1. The van der Waals surface area contributed by atoms with Crippen molar-refractivity contribution in [3.8, 4) is 5.75 Å². The van der Waals surface area contributed by atoms with Crippen molar-refractivity contribution in [1.82, 2.24) is 0 Å². The number of benzene rings is 2. The molecular weight excluding hydrogens is 589 g/mol. The monoisotopic (exact) mass is 637 g/mol. The Kier molecular flexibility index (Phi) is 15.4. The maximum absolute atomic E-state index is 5.91. The minimum atomic E-state index is -2.33. The first-order chi connectivity index (χ1) is 16.7. The van der Waals surface area contributed by atoms with Crippen LogP contribution in [0.4, 0.5) is 11.4 Å². The molecule has 0 radical (unpaired) electrons. The van der Waals surface area contributed by atoms with Crippen molar-refractivity contribution in [1.29, 1.82) is 0 Å². The second-order valence-corrected chi connectivity index (χ2v) is 23.8. The van der Waals surface area contributed by atoms with E-state index in [1.54, 1.807) is 3.58 Å². The molecule has 0 saturated carbocycles. The molecule has 0 aliphatic carbocycles. The molecule has 2 nitrogen and oxygen atoms in total. The van der Waals surface area contributed by atoms with Crippen molar-refractivity contribution in [3.05, 3.63) is 48.5 Å². The Bertz CT molecular complexity index is 741. The third-order valence-electron chi connectivity index (χ3n) is 6.96. The van der Waals surface area contributed by atoms with E-state index in [1.165, 1.54) is 76.8 Å². The zero-order valence-corrected chi connectivity index (χ0v) is 26.5. The van der Waals surface area contributed by atoms with Crippen LogP contribution in [0.2, 0.25) is 13.3 Å². The summed E-state index contributed by atoms with van der Waals surface area (Å²) in [6, 6.07) is 18.0. The minimum absolute atomic E-state index is 0.804. The molecule has 0 spiro atoms. The summed E-state index contributed by atoms with van der Waals surface area (Å²) in [4.78, 5) is 0. The van der Waals surface area contributed by atoms with Gasteiger partial charge in [-0.1, -0.05) is 28.8 Å². The van der Waals surface area contributed by atoms with Crippen LogP contribution in [0.3, 0.4) is 0 Å². The molecule has 2 aromatic rings. The molecule has 190 valence electrons. The van der Waals surface area contributed by atoms with Gasteiger partial charge in [0, 0.05) is 5.33 Å². The van der Waals surface area contributed by atoms with E-state index in [4.69, 9.17) is 4.74 Å². The zero-order chi connectivity index (χ0) is 24.5. The molecule has 0 aromatic heterocycles. The second-order valence-electron chi connectivity index (χ2n) is 9.77. The van der Waals surface area contributed by atoms with Crippen LogP contribution in [0.5, 0.6) is 5.75 Å². The predicted molar refractivity (Wildman–Crippen MR) is 158 cm³/mol. The summed E-state index contributed by atoms with van der Waals surface area (Å²) in [6.45, 7) is 7.86. The van der Waals surface area contributed by atoms with E-state index < -0.39 is 18.4 Å². The van der Waals surface area contributed by atoms with Gasteiger partial charge in [0.2, 0.25) is 0 Å². The summed E-state index contributed by atoms with van der Waals surface area (Å²) in [5.41, 5.74) is 2.31. The Morgan fingerprint density at radius 3 is 1.65 bits per heavy atom. The molecule has 2 rings (SSSR count). The number of anilines is 2. The molecule has 2 aromatic carbocycles. The van der Waals surface area contributed by atoms with Gasteiger partial charge in [0.15, 0.2) is 0 Å². The van der Waals surface area contributed by atoms with Gasteiger partial charge in [-0.2, -0.15) is 0 Å². The molecule has 0 atom stereocenters. The Morgan fingerprint density at radius 1 is 0.647 bits per heavy atom. The first kappa shape index (κ1) is 29.5. The molecular formula is C30H48BrNOSn. The fourth-order valence-electron chi connectivity index (χ4n) is 4.80. The van der Waals surface area contributed by atoms with Gasteiger partial charge in [-0.05, 0) is 6.42 Å². The average Bonchev–Trinajstić information content (AvgIpc) is 2.87. The van der Waals surface area contributed by atoms with Crippen LogP contribution in [0.25, 0.3) is 0 Å². The summed E-state index contributed by atoms with van der Waals surface area (Å²) in [5.74, 6) is 0.961. The van der Waals surface area contributed by atoms with E-state index >= 15 is 0 Å². The van der Waals surface area contributed by atoms with Crippen molar-refractivity contribution in [2.24, 2.45) is 0 Å². The number of unbranched alkanes of at least 4 members (excludes halogenated alkanes) is 6. The van der Waals surface area contributed by atoms with Gasteiger partial charge < -0.3 is 0 Å². The number of ether oxygens (including phenoxy) is 1. The molecule has 0 amide bonds. The van der Waals surface area contributed by atoms with Crippen LogP contribution in [-0.2, 0) is 0 Å². The summed E-state index contributed by atoms with van der Waals surface area (Å²) in [5, 5.41) is 4.70. The topological polar surface area (TPSA) is 21.3 Å². The molecule has 34 heavy (non-hydrogen) atoms. The molecule has 1 N–H and O–H groups in total. The van der Waals surface area contributed by atoms with Crippen LogP contribution in [0.1, 0.15) is 85.0 Å². The Balaban J connectivity index is 1.98. The van der Waals surface area contributed by atoms with Crippen LogP contribution < -0.4 is 13.6 Å². The predicted octanol–water partition coefficient (Wildman–Crippen LogP) is 9.82. The van der Waals surface area contributed by atoms with E-state index in [1.807, 2.05) is 0 Å². The Hall–Kier alpha value is -0.681. The molecule has 4 heteroatoms. The van der Waals surface area contributed by atoms with Crippen LogP contribution in [-0.4, -0.2) is 30.3 Å². The Morgan fingerprint density at radius 2 is 1.15 bits per heavy atom. The molecule has 0 aliphatic heterocycles. The third-order valence-corrected chi connectivity index (χ3v) is 23.2. The number of rotatable bonds is 19. The first-order valence-electron chi connectivity index (χ1n) is 13.8. The van der Waals surface area contributed by atoms with Gasteiger partial charge in [-0.15, -0.1) is 0 Å². The fourth-order valence-corrected chi connectivity index (χ4v) is 21.1. The summed E-state index contributed by atoms with van der Waals surface area (Å²) < 4.78 is 12.2. The average molecular weight is 637 g/mol. The fraction of sp³-hybridized carbons (Fsp3) is 0.600. The van der Waals surface area contributed by atoms with Gasteiger partial charge in [0.25, 0.3) is 0 Å². The standard InChI is InChI=1S/C18H21BrNO.3C4H9.Sn/c19-14-6-1-2-7-15-21-18-12-10-17(11-13-18)20-16-8-4-3-5-9-16;3*1-3-4-2;/h4-5,8-13,20H,1-2,6-7,14-15H2;3*1,3-4H2,2H3;. The van der Waals surface area contributed by atoms with Gasteiger partial charge in [0.1, 0.15) is 0 Å². The van der Waals surface area contributed by atoms with Crippen LogP contribution >= 0.6 is 15.9 Å². The summed E-state index contributed by atoms with van der Waals surface area (Å²) in [6.07, 6.45) is 13.1. The SMILES string of the molecule is CCC[CH2][Sn]([CH2]CCC)([CH2]CCC)[c]1ccc(Nc2ccc(OCCCCCCBr)cc2)cc1. The number of nitrogens with one attached hydrogen (secondary N) is 1. The summed E-state index contributed by atoms with van der Waals surface area (Å²) in [7, 11) is 0. The van der Waals surface area contributed by atoms with E-state index in [-0.39, 0.29) is 0 Å². The van der Waals surface area contributed by atoms with Crippen LogP contribution in [0.15, 0.2) is 48.5 Å². The first-order valence-corrected chi connectivity index (χ1v) is 22.4. The molecule has 0 unspecified atom stereocenters.